The van der Waals surface area contributed by atoms with E-state index in [1.807, 2.05) is 62.4 Å². The molecule has 5 nitrogen and oxygen atoms in total. The Hall–Kier alpha value is -2.53. The summed E-state index contributed by atoms with van der Waals surface area (Å²) in [6.45, 7) is 6.80. The van der Waals surface area contributed by atoms with Crippen molar-refractivity contribution in [3.8, 4) is 11.5 Å². The number of benzene rings is 2. The van der Waals surface area contributed by atoms with E-state index >= 15 is 0 Å². The van der Waals surface area contributed by atoms with Gasteiger partial charge in [-0.05, 0) is 81.6 Å². The summed E-state index contributed by atoms with van der Waals surface area (Å²) in [5, 5.41) is 12.0. The summed E-state index contributed by atoms with van der Waals surface area (Å²) in [6, 6.07) is 15.9. The fourth-order valence-electron chi connectivity index (χ4n) is 4.45. The Labute approximate surface area is 173 Å². The van der Waals surface area contributed by atoms with Gasteiger partial charge in [0, 0.05) is 12.0 Å². The molecule has 2 aliphatic rings. The van der Waals surface area contributed by atoms with E-state index < -0.39 is 5.72 Å². The highest BCUT2D eigenvalue weighted by Gasteiger charge is 2.54. The lowest BCUT2D eigenvalue weighted by Gasteiger charge is -2.29. The molecule has 0 fully saturated rings. The largest absolute Gasteiger partial charge is 0.494 e. The average Bonchev–Trinajstić information content (AvgIpc) is 2.86. The standard InChI is InChI=1S/C24H31N2O3/c1-3-28-21-13-9-19(10-14-21)24(27)18-25-17-7-5-6-8-23(25)26(24)20-11-15-22(16-12-20)29-4-2/h9-16,27H,3-8,17-18H2,1-2H3/q+1/t24-/m0/s1. The van der Waals surface area contributed by atoms with E-state index in [9.17, 15) is 5.11 Å². The third kappa shape index (κ3) is 3.84. The van der Waals surface area contributed by atoms with Crippen LogP contribution in [0.15, 0.2) is 48.5 Å². The summed E-state index contributed by atoms with van der Waals surface area (Å²) in [5.74, 6) is 2.89. The van der Waals surface area contributed by atoms with Crippen molar-refractivity contribution in [2.45, 2.75) is 45.3 Å². The van der Waals surface area contributed by atoms with Gasteiger partial charge >= 0.3 is 0 Å². The van der Waals surface area contributed by atoms with Crippen molar-refractivity contribution in [3.05, 3.63) is 54.1 Å². The lowest BCUT2D eigenvalue weighted by molar-refractivity contribution is -0.534. The minimum absolute atomic E-state index is 0.573. The topological polar surface area (TPSA) is 44.9 Å². The number of nitrogens with zero attached hydrogens (tertiary/aromatic N) is 2. The van der Waals surface area contributed by atoms with Crippen molar-refractivity contribution in [2.24, 2.45) is 0 Å². The van der Waals surface area contributed by atoms with E-state index in [1.165, 1.54) is 18.7 Å². The van der Waals surface area contributed by atoms with E-state index in [0.717, 1.165) is 42.1 Å². The van der Waals surface area contributed by atoms with Gasteiger partial charge < -0.3 is 14.6 Å². The van der Waals surface area contributed by atoms with Crippen LogP contribution in [0.1, 0.15) is 45.1 Å². The monoisotopic (exact) mass is 395 g/mol. The third-order valence-electron chi connectivity index (χ3n) is 5.77. The Morgan fingerprint density at radius 1 is 0.897 bits per heavy atom. The van der Waals surface area contributed by atoms with Gasteiger partial charge in [0.1, 0.15) is 17.2 Å². The van der Waals surface area contributed by atoms with Gasteiger partial charge in [-0.1, -0.05) is 0 Å². The molecule has 0 saturated heterocycles. The van der Waals surface area contributed by atoms with Crippen LogP contribution in [0.3, 0.4) is 0 Å². The fourth-order valence-corrected chi connectivity index (χ4v) is 4.45. The van der Waals surface area contributed by atoms with Gasteiger partial charge in [0.2, 0.25) is 0 Å². The SMILES string of the molecule is CCOc1ccc(N2C3=[N+](CCCCC3)C[C@]2(O)c2ccc(OCC)cc2)cc1. The summed E-state index contributed by atoms with van der Waals surface area (Å²) in [6.07, 6.45) is 4.53. The van der Waals surface area contributed by atoms with Crippen molar-refractivity contribution in [1.82, 2.24) is 0 Å². The zero-order valence-corrected chi connectivity index (χ0v) is 17.4. The van der Waals surface area contributed by atoms with Crippen molar-refractivity contribution >= 4 is 11.5 Å². The van der Waals surface area contributed by atoms with Crippen molar-refractivity contribution in [3.63, 3.8) is 0 Å². The number of hydrogen-bond donors (Lipinski definition) is 1. The summed E-state index contributed by atoms with van der Waals surface area (Å²) >= 11 is 0. The predicted molar refractivity (Wildman–Crippen MR) is 115 cm³/mol. The molecule has 2 heterocycles. The van der Waals surface area contributed by atoms with E-state index in [4.69, 9.17) is 9.47 Å². The molecule has 2 aromatic rings. The maximum Gasteiger partial charge on any atom is 0.275 e. The molecule has 0 saturated carbocycles. The normalized spacial score (nSPS) is 21.7. The number of rotatable bonds is 6. The highest BCUT2D eigenvalue weighted by molar-refractivity contribution is 5.97. The van der Waals surface area contributed by atoms with Crippen LogP contribution in [0.5, 0.6) is 11.5 Å². The quantitative estimate of drug-likeness (QED) is 0.747. The number of aliphatic hydroxyl groups is 1. The van der Waals surface area contributed by atoms with Crippen LogP contribution in [0.2, 0.25) is 0 Å². The first-order valence-electron chi connectivity index (χ1n) is 10.8. The fraction of sp³-hybridized carbons (Fsp3) is 0.458. The van der Waals surface area contributed by atoms with Gasteiger partial charge in [-0.25, -0.2) is 0 Å². The molecule has 0 amide bonds. The Kier molecular flexibility index (Phi) is 5.76. The van der Waals surface area contributed by atoms with E-state index in [2.05, 4.69) is 9.48 Å². The molecular formula is C24H31N2O3+. The summed E-state index contributed by atoms with van der Waals surface area (Å²) < 4.78 is 13.6. The van der Waals surface area contributed by atoms with Gasteiger partial charge in [-0.3, -0.25) is 4.58 Å². The molecule has 0 aromatic heterocycles. The van der Waals surface area contributed by atoms with Crippen LogP contribution in [0.25, 0.3) is 0 Å². The maximum absolute atomic E-state index is 12.0. The van der Waals surface area contributed by atoms with Crippen LogP contribution in [0, 0.1) is 0 Å². The van der Waals surface area contributed by atoms with Crippen LogP contribution < -0.4 is 14.4 Å². The molecule has 0 unspecified atom stereocenters. The molecule has 0 aliphatic carbocycles. The third-order valence-corrected chi connectivity index (χ3v) is 5.77. The van der Waals surface area contributed by atoms with Gasteiger partial charge in [-0.2, -0.15) is 4.90 Å². The van der Waals surface area contributed by atoms with Crippen LogP contribution in [0.4, 0.5) is 5.69 Å². The highest BCUT2D eigenvalue weighted by atomic mass is 16.5. The van der Waals surface area contributed by atoms with Crippen molar-refractivity contribution in [2.75, 3.05) is 31.2 Å². The van der Waals surface area contributed by atoms with E-state index in [-0.39, 0.29) is 0 Å². The Bertz CT molecular complexity index is 861. The van der Waals surface area contributed by atoms with Crippen LogP contribution >= 0.6 is 0 Å². The Balaban J connectivity index is 1.73. The molecule has 0 spiro atoms. The lowest BCUT2D eigenvalue weighted by Crippen LogP contribution is -2.47. The second-order valence-corrected chi connectivity index (χ2v) is 7.68. The summed E-state index contributed by atoms with van der Waals surface area (Å²) in [5.41, 5.74) is 0.768. The van der Waals surface area contributed by atoms with Gasteiger partial charge in [0.05, 0.1) is 19.8 Å². The summed E-state index contributed by atoms with van der Waals surface area (Å²) in [7, 11) is 0. The predicted octanol–water partition coefficient (Wildman–Crippen LogP) is 4.13. The first-order chi connectivity index (χ1) is 14.2. The van der Waals surface area contributed by atoms with Crippen molar-refractivity contribution in [1.29, 1.82) is 0 Å². The molecular weight excluding hydrogens is 364 g/mol. The van der Waals surface area contributed by atoms with Crippen LogP contribution in [-0.2, 0) is 5.72 Å². The van der Waals surface area contributed by atoms with Crippen LogP contribution in [-0.4, -0.2) is 41.8 Å². The zero-order chi connectivity index (χ0) is 20.3. The molecule has 0 radical (unpaired) electrons. The molecule has 0 bridgehead atoms. The van der Waals surface area contributed by atoms with Gasteiger partial charge in [0.15, 0.2) is 6.54 Å². The van der Waals surface area contributed by atoms with Crippen molar-refractivity contribution < 1.29 is 19.2 Å². The number of hydrogen-bond acceptors (Lipinski definition) is 4. The Morgan fingerprint density at radius 2 is 1.52 bits per heavy atom. The second kappa shape index (κ2) is 8.46. The van der Waals surface area contributed by atoms with Gasteiger partial charge in [-0.15, -0.1) is 0 Å². The first kappa shape index (κ1) is 19.8. The molecule has 5 heteroatoms. The minimum atomic E-state index is -1.11. The van der Waals surface area contributed by atoms with E-state index in [0.29, 0.717) is 19.8 Å². The molecule has 2 aliphatic heterocycles. The second-order valence-electron chi connectivity index (χ2n) is 7.68. The zero-order valence-electron chi connectivity index (χ0n) is 17.4. The molecule has 29 heavy (non-hydrogen) atoms. The number of amidine groups is 1. The summed E-state index contributed by atoms with van der Waals surface area (Å²) in [4.78, 5) is 2.13. The average molecular weight is 396 g/mol. The lowest BCUT2D eigenvalue weighted by atomic mass is 9.99. The molecule has 1 atom stereocenters. The Morgan fingerprint density at radius 3 is 2.14 bits per heavy atom. The number of anilines is 1. The highest BCUT2D eigenvalue weighted by Crippen LogP contribution is 2.38. The molecule has 4 rings (SSSR count). The minimum Gasteiger partial charge on any atom is -0.494 e. The van der Waals surface area contributed by atoms with E-state index in [1.54, 1.807) is 0 Å². The number of ether oxygens (including phenoxy) is 2. The first-order valence-corrected chi connectivity index (χ1v) is 10.8. The molecule has 154 valence electrons. The molecule has 2 aromatic carbocycles. The smallest absolute Gasteiger partial charge is 0.275 e. The maximum atomic E-state index is 12.0. The molecule has 1 N–H and O–H groups in total. The van der Waals surface area contributed by atoms with Gasteiger partial charge in [0.25, 0.3) is 11.6 Å².